The Morgan fingerprint density at radius 3 is 2.56 bits per heavy atom. The Labute approximate surface area is 112 Å². The minimum absolute atomic E-state index is 0.0215. The SMILES string of the molecule is CC(=O)c1cc(C)c(Cl)nc1Cc1ccccc1. The summed E-state index contributed by atoms with van der Waals surface area (Å²) in [4.78, 5) is 16.0. The molecule has 0 radical (unpaired) electrons. The quantitative estimate of drug-likeness (QED) is 0.619. The van der Waals surface area contributed by atoms with Crippen LogP contribution in [-0.2, 0) is 6.42 Å². The summed E-state index contributed by atoms with van der Waals surface area (Å²) in [6.07, 6.45) is 0.621. The lowest BCUT2D eigenvalue weighted by Gasteiger charge is -2.09. The van der Waals surface area contributed by atoms with E-state index in [4.69, 9.17) is 11.6 Å². The number of ketones is 1. The van der Waals surface area contributed by atoms with Gasteiger partial charge in [-0.05, 0) is 31.0 Å². The summed E-state index contributed by atoms with van der Waals surface area (Å²) in [5.74, 6) is 0.0215. The second kappa shape index (κ2) is 5.32. The van der Waals surface area contributed by atoms with Gasteiger partial charge in [-0.3, -0.25) is 4.79 Å². The third-order valence-electron chi connectivity index (χ3n) is 2.82. The molecule has 2 rings (SSSR count). The van der Waals surface area contributed by atoms with Gasteiger partial charge in [-0.25, -0.2) is 4.98 Å². The molecule has 0 fully saturated rings. The molecule has 0 unspecified atom stereocenters. The molecule has 0 aliphatic heterocycles. The number of rotatable bonds is 3. The van der Waals surface area contributed by atoms with Crippen LogP contribution in [0.2, 0.25) is 5.15 Å². The standard InChI is InChI=1S/C15H14ClNO/c1-10-8-13(11(2)18)14(17-15(10)16)9-12-6-4-3-5-7-12/h3-8H,9H2,1-2H3. The Bertz CT molecular complexity index is 579. The number of Topliss-reactive ketones (excluding diaryl/α,β-unsaturated/α-hetero) is 1. The zero-order valence-corrected chi connectivity index (χ0v) is 11.2. The van der Waals surface area contributed by atoms with Gasteiger partial charge in [0.2, 0.25) is 0 Å². The maximum atomic E-state index is 11.6. The zero-order valence-electron chi connectivity index (χ0n) is 10.4. The van der Waals surface area contributed by atoms with Crippen molar-refractivity contribution in [3.63, 3.8) is 0 Å². The van der Waals surface area contributed by atoms with Crippen molar-refractivity contribution in [1.29, 1.82) is 0 Å². The summed E-state index contributed by atoms with van der Waals surface area (Å²) >= 11 is 6.03. The van der Waals surface area contributed by atoms with E-state index in [9.17, 15) is 4.79 Å². The third kappa shape index (κ3) is 2.77. The van der Waals surface area contributed by atoms with Gasteiger partial charge in [-0.2, -0.15) is 0 Å². The Kier molecular flexibility index (Phi) is 3.78. The normalized spacial score (nSPS) is 10.4. The molecule has 1 heterocycles. The largest absolute Gasteiger partial charge is 0.294 e. The number of aromatic nitrogens is 1. The van der Waals surface area contributed by atoms with Gasteiger partial charge in [0, 0.05) is 12.0 Å². The Morgan fingerprint density at radius 1 is 1.28 bits per heavy atom. The molecule has 0 saturated heterocycles. The van der Waals surface area contributed by atoms with Crippen LogP contribution >= 0.6 is 11.6 Å². The van der Waals surface area contributed by atoms with Crippen LogP contribution in [0.4, 0.5) is 0 Å². The molecule has 1 aromatic heterocycles. The molecule has 0 aliphatic carbocycles. The van der Waals surface area contributed by atoms with Crippen LogP contribution in [-0.4, -0.2) is 10.8 Å². The number of pyridine rings is 1. The third-order valence-corrected chi connectivity index (χ3v) is 3.21. The molecule has 0 atom stereocenters. The number of carbonyl (C=O) groups is 1. The number of hydrogen-bond acceptors (Lipinski definition) is 2. The Morgan fingerprint density at radius 2 is 1.94 bits per heavy atom. The highest BCUT2D eigenvalue weighted by Gasteiger charge is 2.12. The lowest BCUT2D eigenvalue weighted by molar-refractivity contribution is 0.101. The van der Waals surface area contributed by atoms with Crippen molar-refractivity contribution in [3.8, 4) is 0 Å². The van der Waals surface area contributed by atoms with E-state index >= 15 is 0 Å². The van der Waals surface area contributed by atoms with Crippen molar-refractivity contribution in [2.75, 3.05) is 0 Å². The maximum absolute atomic E-state index is 11.6. The smallest absolute Gasteiger partial charge is 0.161 e. The fourth-order valence-electron chi connectivity index (χ4n) is 1.86. The van der Waals surface area contributed by atoms with Gasteiger partial charge in [0.25, 0.3) is 0 Å². The maximum Gasteiger partial charge on any atom is 0.161 e. The van der Waals surface area contributed by atoms with Crippen LogP contribution < -0.4 is 0 Å². The fraction of sp³-hybridized carbons (Fsp3) is 0.200. The van der Waals surface area contributed by atoms with Crippen molar-refractivity contribution in [1.82, 2.24) is 4.98 Å². The minimum atomic E-state index is 0.0215. The van der Waals surface area contributed by atoms with Gasteiger partial charge < -0.3 is 0 Å². The predicted octanol–water partition coefficient (Wildman–Crippen LogP) is 3.84. The van der Waals surface area contributed by atoms with Gasteiger partial charge in [0.05, 0.1) is 5.69 Å². The van der Waals surface area contributed by atoms with Crippen molar-refractivity contribution >= 4 is 17.4 Å². The number of hydrogen-bond donors (Lipinski definition) is 0. The van der Waals surface area contributed by atoms with Gasteiger partial charge in [0.15, 0.2) is 5.78 Å². The van der Waals surface area contributed by atoms with Crippen LogP contribution in [0.15, 0.2) is 36.4 Å². The lowest BCUT2D eigenvalue weighted by Crippen LogP contribution is -2.05. The topological polar surface area (TPSA) is 30.0 Å². The highest BCUT2D eigenvalue weighted by atomic mass is 35.5. The van der Waals surface area contributed by atoms with Gasteiger partial charge >= 0.3 is 0 Å². The summed E-state index contributed by atoms with van der Waals surface area (Å²) in [6, 6.07) is 11.7. The Balaban J connectivity index is 2.43. The van der Waals surface area contributed by atoms with E-state index in [-0.39, 0.29) is 5.78 Å². The van der Waals surface area contributed by atoms with E-state index in [1.807, 2.05) is 43.3 Å². The molecular formula is C15H14ClNO. The van der Waals surface area contributed by atoms with Crippen LogP contribution in [0.1, 0.15) is 34.1 Å². The highest BCUT2D eigenvalue weighted by molar-refractivity contribution is 6.30. The molecule has 18 heavy (non-hydrogen) atoms. The molecule has 92 valence electrons. The zero-order chi connectivity index (χ0) is 13.1. The molecule has 0 spiro atoms. The molecular weight excluding hydrogens is 246 g/mol. The van der Waals surface area contributed by atoms with Crippen molar-refractivity contribution in [3.05, 3.63) is 63.9 Å². The first kappa shape index (κ1) is 12.8. The average molecular weight is 260 g/mol. The summed E-state index contributed by atoms with van der Waals surface area (Å²) < 4.78 is 0. The van der Waals surface area contributed by atoms with E-state index < -0.39 is 0 Å². The summed E-state index contributed by atoms with van der Waals surface area (Å²) in [5.41, 5.74) is 3.34. The van der Waals surface area contributed by atoms with E-state index in [2.05, 4.69) is 4.98 Å². The van der Waals surface area contributed by atoms with E-state index in [1.165, 1.54) is 0 Å². The van der Waals surface area contributed by atoms with E-state index in [1.54, 1.807) is 6.92 Å². The van der Waals surface area contributed by atoms with Gasteiger partial charge in [-0.1, -0.05) is 41.9 Å². The molecule has 3 heteroatoms. The molecule has 1 aromatic carbocycles. The van der Waals surface area contributed by atoms with E-state index in [0.717, 1.165) is 16.8 Å². The van der Waals surface area contributed by atoms with Crippen molar-refractivity contribution in [2.24, 2.45) is 0 Å². The number of halogens is 1. The highest BCUT2D eigenvalue weighted by Crippen LogP contribution is 2.20. The van der Waals surface area contributed by atoms with Gasteiger partial charge in [-0.15, -0.1) is 0 Å². The average Bonchev–Trinajstić information content (AvgIpc) is 2.34. The summed E-state index contributed by atoms with van der Waals surface area (Å²) in [7, 11) is 0. The van der Waals surface area contributed by atoms with Crippen LogP contribution in [0, 0.1) is 6.92 Å². The molecule has 2 aromatic rings. The predicted molar refractivity (Wildman–Crippen MR) is 73.2 cm³/mol. The summed E-state index contributed by atoms with van der Waals surface area (Å²) in [6.45, 7) is 3.41. The summed E-state index contributed by atoms with van der Waals surface area (Å²) in [5, 5.41) is 0.464. The van der Waals surface area contributed by atoms with Crippen LogP contribution in [0.25, 0.3) is 0 Å². The first-order valence-corrected chi connectivity index (χ1v) is 6.16. The number of aryl methyl sites for hydroxylation is 1. The number of nitrogens with zero attached hydrogens (tertiary/aromatic N) is 1. The van der Waals surface area contributed by atoms with Crippen molar-refractivity contribution < 1.29 is 4.79 Å². The van der Waals surface area contributed by atoms with Gasteiger partial charge in [0.1, 0.15) is 5.15 Å². The second-order valence-corrected chi connectivity index (χ2v) is 4.67. The molecule has 0 aliphatic rings. The first-order valence-electron chi connectivity index (χ1n) is 5.79. The Hall–Kier alpha value is -1.67. The van der Waals surface area contributed by atoms with Crippen molar-refractivity contribution in [2.45, 2.75) is 20.3 Å². The minimum Gasteiger partial charge on any atom is -0.294 e. The molecule has 0 saturated carbocycles. The monoisotopic (exact) mass is 259 g/mol. The number of benzene rings is 1. The van der Waals surface area contributed by atoms with Crippen LogP contribution in [0.3, 0.4) is 0 Å². The molecule has 0 bridgehead atoms. The second-order valence-electron chi connectivity index (χ2n) is 4.31. The van der Waals surface area contributed by atoms with E-state index in [0.29, 0.717) is 17.1 Å². The number of carbonyl (C=O) groups excluding carboxylic acids is 1. The lowest BCUT2D eigenvalue weighted by atomic mass is 10.0. The first-order chi connectivity index (χ1) is 8.58. The molecule has 0 N–H and O–H groups in total. The molecule has 0 amide bonds. The van der Waals surface area contributed by atoms with Crippen LogP contribution in [0.5, 0.6) is 0 Å². The fourth-order valence-corrected chi connectivity index (χ4v) is 2.01. The molecule has 2 nitrogen and oxygen atoms in total.